The third kappa shape index (κ3) is 3.98. The molecule has 1 aromatic carbocycles. The summed E-state index contributed by atoms with van der Waals surface area (Å²) in [6.45, 7) is 1.58. The molecule has 7 heteroatoms. The predicted molar refractivity (Wildman–Crippen MR) is 66.1 cm³/mol. The van der Waals surface area contributed by atoms with Crippen molar-refractivity contribution < 1.29 is 13.3 Å². The van der Waals surface area contributed by atoms with E-state index in [4.69, 9.17) is 11.6 Å². The van der Waals surface area contributed by atoms with Crippen LogP contribution in [0.25, 0.3) is 0 Å². The highest BCUT2D eigenvalue weighted by atomic mass is 35.5. The van der Waals surface area contributed by atoms with E-state index in [2.05, 4.69) is 0 Å². The Bertz CT molecular complexity index is 527. The molecule has 0 radical (unpaired) electrons. The topological polar surface area (TPSA) is 77.3 Å². The molecule has 94 valence electrons. The lowest BCUT2D eigenvalue weighted by Crippen LogP contribution is -2.11. The Morgan fingerprint density at radius 3 is 2.53 bits per heavy atom. The molecule has 0 saturated carbocycles. The summed E-state index contributed by atoms with van der Waals surface area (Å²) in [4.78, 5) is 9.94. The van der Waals surface area contributed by atoms with E-state index in [1.165, 1.54) is 18.2 Å². The third-order valence-corrected chi connectivity index (χ3v) is 4.43. The van der Waals surface area contributed by atoms with Crippen molar-refractivity contribution >= 4 is 27.1 Å². The monoisotopic (exact) mass is 277 g/mol. The highest BCUT2D eigenvalue weighted by Crippen LogP contribution is 2.23. The van der Waals surface area contributed by atoms with Crippen molar-refractivity contribution in [2.24, 2.45) is 0 Å². The largest absolute Gasteiger partial charge is 0.270 e. The molecule has 0 heterocycles. The molecular formula is C10H12ClNO4S. The number of nitro benzene ring substituents is 1. The minimum atomic E-state index is -3.05. The molecule has 1 aromatic rings. The summed E-state index contributed by atoms with van der Waals surface area (Å²) in [7, 11) is -3.05. The zero-order valence-corrected chi connectivity index (χ0v) is 10.8. The molecule has 5 nitrogen and oxygen atoms in total. The zero-order chi connectivity index (χ0) is 13.1. The van der Waals surface area contributed by atoms with Crippen LogP contribution >= 0.6 is 11.6 Å². The number of rotatable bonds is 5. The minimum Gasteiger partial charge on any atom is -0.258 e. The van der Waals surface area contributed by atoms with E-state index < -0.39 is 14.8 Å². The molecule has 0 amide bonds. The van der Waals surface area contributed by atoms with Gasteiger partial charge in [-0.3, -0.25) is 10.1 Å². The van der Waals surface area contributed by atoms with E-state index in [0.717, 1.165) is 0 Å². The van der Waals surface area contributed by atoms with Crippen LogP contribution in [0.1, 0.15) is 12.5 Å². The fourth-order valence-corrected chi connectivity index (χ4v) is 2.35. The summed E-state index contributed by atoms with van der Waals surface area (Å²) in [6.07, 6.45) is 0.271. The number of nitrogens with zero attached hydrogens (tertiary/aromatic N) is 1. The van der Waals surface area contributed by atoms with Crippen molar-refractivity contribution in [2.75, 3.05) is 11.5 Å². The molecule has 17 heavy (non-hydrogen) atoms. The first-order valence-corrected chi connectivity index (χ1v) is 7.19. The van der Waals surface area contributed by atoms with Crippen molar-refractivity contribution in [1.29, 1.82) is 0 Å². The van der Waals surface area contributed by atoms with Gasteiger partial charge < -0.3 is 0 Å². The molecule has 0 N–H and O–H groups in total. The first-order valence-electron chi connectivity index (χ1n) is 4.99. The van der Waals surface area contributed by atoms with Gasteiger partial charge in [-0.25, -0.2) is 8.42 Å². The molecule has 0 unspecified atom stereocenters. The fraction of sp³-hybridized carbons (Fsp3) is 0.400. The van der Waals surface area contributed by atoms with Gasteiger partial charge in [-0.2, -0.15) is 0 Å². The van der Waals surface area contributed by atoms with Crippen LogP contribution in [0.3, 0.4) is 0 Å². The van der Waals surface area contributed by atoms with E-state index >= 15 is 0 Å². The molecule has 0 aliphatic heterocycles. The average molecular weight is 278 g/mol. The number of aryl methyl sites for hydroxylation is 1. The summed E-state index contributed by atoms with van der Waals surface area (Å²) in [5, 5.41) is 10.7. The van der Waals surface area contributed by atoms with Gasteiger partial charge >= 0.3 is 0 Å². The van der Waals surface area contributed by atoms with Crippen LogP contribution in [0, 0.1) is 10.1 Å². The van der Waals surface area contributed by atoms with Crippen molar-refractivity contribution in [3.63, 3.8) is 0 Å². The fourth-order valence-electron chi connectivity index (χ4n) is 1.26. The van der Waals surface area contributed by atoms with Crippen LogP contribution in [0.2, 0.25) is 5.02 Å². The van der Waals surface area contributed by atoms with Gasteiger partial charge in [0.1, 0.15) is 9.84 Å². The lowest BCUT2D eigenvalue weighted by molar-refractivity contribution is -0.384. The van der Waals surface area contributed by atoms with Gasteiger partial charge in [0, 0.05) is 17.9 Å². The molecule has 0 bridgehead atoms. The number of nitro groups is 1. The van der Waals surface area contributed by atoms with E-state index in [1.807, 2.05) is 0 Å². The van der Waals surface area contributed by atoms with E-state index in [0.29, 0.717) is 5.56 Å². The molecule has 0 saturated heterocycles. The summed E-state index contributed by atoms with van der Waals surface area (Å²) < 4.78 is 22.6. The number of hydrogen-bond donors (Lipinski definition) is 0. The van der Waals surface area contributed by atoms with Crippen LogP contribution in [0.5, 0.6) is 0 Å². The quantitative estimate of drug-likeness (QED) is 0.611. The number of halogens is 1. The highest BCUT2D eigenvalue weighted by molar-refractivity contribution is 7.91. The van der Waals surface area contributed by atoms with Crippen molar-refractivity contribution in [2.45, 2.75) is 13.3 Å². The third-order valence-electron chi connectivity index (χ3n) is 2.37. The molecule has 0 aliphatic carbocycles. The summed E-state index contributed by atoms with van der Waals surface area (Å²) in [6, 6.07) is 4.04. The maximum Gasteiger partial charge on any atom is 0.270 e. The van der Waals surface area contributed by atoms with Crippen LogP contribution < -0.4 is 0 Å². The van der Waals surface area contributed by atoms with Crippen molar-refractivity contribution in [3.8, 4) is 0 Å². The molecule has 0 aromatic heterocycles. The number of non-ortho nitro benzene ring substituents is 1. The maximum atomic E-state index is 11.3. The van der Waals surface area contributed by atoms with Gasteiger partial charge in [-0.05, 0) is 12.0 Å². The van der Waals surface area contributed by atoms with Crippen LogP contribution in [-0.2, 0) is 16.3 Å². The normalized spacial score (nSPS) is 11.4. The lowest BCUT2D eigenvalue weighted by Gasteiger charge is -2.04. The van der Waals surface area contributed by atoms with Crippen molar-refractivity contribution in [1.82, 2.24) is 0 Å². The zero-order valence-electron chi connectivity index (χ0n) is 9.22. The van der Waals surface area contributed by atoms with E-state index in [1.54, 1.807) is 6.92 Å². The van der Waals surface area contributed by atoms with Crippen LogP contribution in [0.15, 0.2) is 18.2 Å². The number of benzene rings is 1. The lowest BCUT2D eigenvalue weighted by atomic mass is 10.1. The summed E-state index contributed by atoms with van der Waals surface area (Å²) in [5.74, 6) is 0.0820. The Labute approximate surface area is 104 Å². The molecular weight excluding hydrogens is 266 g/mol. The Hall–Kier alpha value is -1.14. The van der Waals surface area contributed by atoms with Gasteiger partial charge in [0.25, 0.3) is 5.69 Å². The Morgan fingerprint density at radius 1 is 1.41 bits per heavy atom. The van der Waals surface area contributed by atoms with Gasteiger partial charge in [0.05, 0.1) is 15.7 Å². The van der Waals surface area contributed by atoms with Crippen molar-refractivity contribution in [3.05, 3.63) is 38.9 Å². The first-order chi connectivity index (χ1) is 7.85. The summed E-state index contributed by atoms with van der Waals surface area (Å²) >= 11 is 5.85. The van der Waals surface area contributed by atoms with E-state index in [-0.39, 0.29) is 28.6 Å². The Morgan fingerprint density at radius 2 is 2.06 bits per heavy atom. The smallest absolute Gasteiger partial charge is 0.258 e. The predicted octanol–water partition coefficient (Wildman–Crippen LogP) is 2.23. The molecule has 0 aliphatic rings. The molecule has 0 fully saturated rings. The second kappa shape index (κ2) is 5.46. The Balaban J connectivity index is 2.84. The second-order valence-electron chi connectivity index (χ2n) is 3.52. The standard InChI is InChI=1S/C10H12ClNO4S/c1-2-17(15,16)6-5-8-3-4-9(12(13)14)7-10(8)11/h3-4,7H,2,5-6H2,1H3. The van der Waals surface area contributed by atoms with E-state index in [9.17, 15) is 18.5 Å². The highest BCUT2D eigenvalue weighted by Gasteiger charge is 2.12. The molecule has 0 spiro atoms. The maximum absolute atomic E-state index is 11.3. The van der Waals surface area contributed by atoms with Crippen LogP contribution in [0.4, 0.5) is 5.69 Å². The van der Waals surface area contributed by atoms with Gasteiger partial charge in [-0.15, -0.1) is 0 Å². The SMILES string of the molecule is CCS(=O)(=O)CCc1ccc([N+](=O)[O-])cc1Cl. The van der Waals surface area contributed by atoms with Gasteiger partial charge in [-0.1, -0.05) is 24.6 Å². The number of sulfone groups is 1. The van der Waals surface area contributed by atoms with Gasteiger partial charge in [0.2, 0.25) is 0 Å². The summed E-state index contributed by atoms with van der Waals surface area (Å²) in [5.41, 5.74) is 0.506. The van der Waals surface area contributed by atoms with Crippen LogP contribution in [-0.4, -0.2) is 24.8 Å². The Kier molecular flexibility index (Phi) is 4.47. The average Bonchev–Trinajstić information content (AvgIpc) is 2.27. The molecule has 1 rings (SSSR count). The first kappa shape index (κ1) is 13.9. The van der Waals surface area contributed by atoms with Gasteiger partial charge in [0.15, 0.2) is 0 Å². The number of hydrogen-bond acceptors (Lipinski definition) is 4. The second-order valence-corrected chi connectivity index (χ2v) is 6.40. The molecule has 0 atom stereocenters. The minimum absolute atomic E-state index is 0.00102.